The summed E-state index contributed by atoms with van der Waals surface area (Å²) in [6.45, 7) is 5.13. The van der Waals surface area contributed by atoms with Crippen molar-refractivity contribution in [1.29, 1.82) is 0 Å². The Bertz CT molecular complexity index is 493. The van der Waals surface area contributed by atoms with Crippen LogP contribution in [0.15, 0.2) is 35.9 Å². The minimum atomic E-state index is -0.266. The molecule has 21 heavy (non-hydrogen) atoms. The second-order valence-corrected chi connectivity index (χ2v) is 6.51. The molecule has 1 heterocycles. The van der Waals surface area contributed by atoms with Gasteiger partial charge in [0.2, 0.25) is 0 Å². The molecule has 114 valence electrons. The molecule has 0 amide bonds. The van der Waals surface area contributed by atoms with Crippen molar-refractivity contribution in [2.24, 2.45) is 0 Å². The molecule has 1 aromatic rings. The maximum absolute atomic E-state index is 6.12. The topological polar surface area (TPSA) is 18.5 Å². The number of rotatable bonds is 5. The van der Waals surface area contributed by atoms with Crippen LogP contribution >= 0.6 is 0 Å². The lowest BCUT2D eigenvalue weighted by Crippen LogP contribution is -2.40. The average Bonchev–Trinajstić information content (AvgIpc) is 2.88. The van der Waals surface area contributed by atoms with Gasteiger partial charge in [-0.05, 0) is 25.3 Å². The lowest BCUT2D eigenvalue weighted by Gasteiger charge is -2.39. The van der Waals surface area contributed by atoms with E-state index in [-0.39, 0.29) is 5.79 Å². The van der Waals surface area contributed by atoms with Gasteiger partial charge >= 0.3 is 0 Å². The molecule has 1 saturated heterocycles. The zero-order valence-corrected chi connectivity index (χ0v) is 13.2. The number of ether oxygens (including phenoxy) is 2. The van der Waals surface area contributed by atoms with Crippen molar-refractivity contribution in [3.63, 3.8) is 0 Å². The van der Waals surface area contributed by atoms with Gasteiger partial charge in [0.05, 0.1) is 12.7 Å². The third-order valence-electron chi connectivity index (χ3n) is 4.53. The van der Waals surface area contributed by atoms with E-state index in [9.17, 15) is 0 Å². The number of aryl methyl sites for hydroxylation is 1. The molecule has 3 rings (SSSR count). The van der Waals surface area contributed by atoms with E-state index in [1.54, 1.807) is 0 Å². The predicted molar refractivity (Wildman–Crippen MR) is 85.3 cm³/mol. The lowest BCUT2D eigenvalue weighted by molar-refractivity contribution is -0.193. The molecule has 1 aliphatic heterocycles. The Labute approximate surface area is 128 Å². The Morgan fingerprint density at radius 1 is 1.24 bits per heavy atom. The standard InChI is InChI=1S/C19H26O2/c1-3-4-5-18-14-20-19(21-18)12-17(13-19)11-10-16-8-6-15(2)7-9-16/h6-9,11,18H,3-5,10,12-14H2,1-2H3. The Morgan fingerprint density at radius 2 is 2.00 bits per heavy atom. The molecular formula is C19H26O2. The van der Waals surface area contributed by atoms with E-state index in [0.717, 1.165) is 32.3 Å². The van der Waals surface area contributed by atoms with Crippen molar-refractivity contribution in [1.82, 2.24) is 0 Å². The Hall–Kier alpha value is -1.12. The molecule has 1 spiro atoms. The van der Waals surface area contributed by atoms with Gasteiger partial charge in [-0.25, -0.2) is 0 Å². The lowest BCUT2D eigenvalue weighted by atomic mass is 9.84. The molecule has 2 fully saturated rings. The summed E-state index contributed by atoms with van der Waals surface area (Å²) in [5.41, 5.74) is 4.18. The van der Waals surface area contributed by atoms with Gasteiger partial charge in [0.25, 0.3) is 0 Å². The van der Waals surface area contributed by atoms with Gasteiger partial charge in [0.15, 0.2) is 5.79 Å². The fourth-order valence-corrected chi connectivity index (χ4v) is 3.15. The van der Waals surface area contributed by atoms with Gasteiger partial charge in [-0.15, -0.1) is 0 Å². The van der Waals surface area contributed by atoms with Crippen molar-refractivity contribution in [3.05, 3.63) is 47.0 Å². The normalized spacial score (nSPS) is 27.9. The average molecular weight is 286 g/mol. The van der Waals surface area contributed by atoms with Crippen molar-refractivity contribution < 1.29 is 9.47 Å². The van der Waals surface area contributed by atoms with Crippen LogP contribution < -0.4 is 0 Å². The molecule has 1 saturated carbocycles. The molecule has 0 aromatic heterocycles. The summed E-state index contributed by atoms with van der Waals surface area (Å²) in [6.07, 6.45) is 9.22. The number of benzene rings is 1. The zero-order valence-electron chi connectivity index (χ0n) is 13.2. The van der Waals surface area contributed by atoms with Crippen LogP contribution in [-0.2, 0) is 15.9 Å². The van der Waals surface area contributed by atoms with E-state index >= 15 is 0 Å². The summed E-state index contributed by atoms with van der Waals surface area (Å²) in [4.78, 5) is 0. The van der Waals surface area contributed by atoms with E-state index in [1.165, 1.54) is 29.5 Å². The third kappa shape index (κ3) is 3.56. The van der Waals surface area contributed by atoms with Gasteiger partial charge in [0.1, 0.15) is 0 Å². The van der Waals surface area contributed by atoms with Gasteiger partial charge < -0.3 is 9.47 Å². The second-order valence-electron chi connectivity index (χ2n) is 6.51. The Balaban J connectivity index is 1.47. The summed E-state index contributed by atoms with van der Waals surface area (Å²) >= 11 is 0. The van der Waals surface area contributed by atoms with E-state index in [0.29, 0.717) is 6.10 Å². The van der Waals surface area contributed by atoms with E-state index in [1.807, 2.05) is 0 Å². The van der Waals surface area contributed by atoms with E-state index in [4.69, 9.17) is 9.47 Å². The van der Waals surface area contributed by atoms with Crippen molar-refractivity contribution >= 4 is 0 Å². The highest BCUT2D eigenvalue weighted by molar-refractivity contribution is 5.26. The Morgan fingerprint density at radius 3 is 2.71 bits per heavy atom. The monoisotopic (exact) mass is 286 g/mol. The van der Waals surface area contributed by atoms with Crippen LogP contribution in [0.3, 0.4) is 0 Å². The maximum Gasteiger partial charge on any atom is 0.176 e. The third-order valence-corrected chi connectivity index (χ3v) is 4.53. The Kier molecular flexibility index (Phi) is 4.46. The molecule has 2 aliphatic rings. The summed E-state index contributed by atoms with van der Waals surface area (Å²) in [7, 11) is 0. The van der Waals surface area contributed by atoms with Crippen LogP contribution in [0.4, 0.5) is 0 Å². The molecule has 2 heteroatoms. The number of allylic oxidation sites excluding steroid dienone is 1. The smallest absolute Gasteiger partial charge is 0.176 e. The first-order valence-corrected chi connectivity index (χ1v) is 8.24. The van der Waals surface area contributed by atoms with Crippen LogP contribution in [0.5, 0.6) is 0 Å². The van der Waals surface area contributed by atoms with Gasteiger partial charge in [0, 0.05) is 12.8 Å². The largest absolute Gasteiger partial charge is 0.347 e. The van der Waals surface area contributed by atoms with Gasteiger partial charge in [-0.3, -0.25) is 0 Å². The van der Waals surface area contributed by atoms with E-state index < -0.39 is 0 Å². The molecule has 1 unspecified atom stereocenters. The SMILES string of the molecule is CCCCC1COC2(CC(=CCc3ccc(C)cc3)C2)O1. The number of hydrogen-bond acceptors (Lipinski definition) is 2. The fourth-order valence-electron chi connectivity index (χ4n) is 3.15. The first kappa shape index (κ1) is 14.8. The second kappa shape index (κ2) is 6.33. The van der Waals surface area contributed by atoms with E-state index in [2.05, 4.69) is 44.2 Å². The molecule has 0 N–H and O–H groups in total. The summed E-state index contributed by atoms with van der Waals surface area (Å²) < 4.78 is 12.0. The maximum atomic E-state index is 6.12. The highest BCUT2D eigenvalue weighted by Gasteiger charge is 2.48. The summed E-state index contributed by atoms with van der Waals surface area (Å²) in [5, 5.41) is 0. The number of hydrogen-bond donors (Lipinski definition) is 0. The van der Waals surface area contributed by atoms with Crippen molar-refractivity contribution in [2.75, 3.05) is 6.61 Å². The van der Waals surface area contributed by atoms with Crippen molar-refractivity contribution in [2.45, 2.75) is 64.3 Å². The molecule has 0 bridgehead atoms. The van der Waals surface area contributed by atoms with Gasteiger partial charge in [-0.1, -0.05) is 61.2 Å². The number of unbranched alkanes of at least 4 members (excludes halogenated alkanes) is 1. The molecule has 0 radical (unpaired) electrons. The van der Waals surface area contributed by atoms with Crippen LogP contribution in [0.25, 0.3) is 0 Å². The summed E-state index contributed by atoms with van der Waals surface area (Å²) in [5.74, 6) is -0.266. The molecule has 1 atom stereocenters. The minimum Gasteiger partial charge on any atom is -0.347 e. The molecule has 1 aliphatic carbocycles. The summed E-state index contributed by atoms with van der Waals surface area (Å²) in [6, 6.07) is 8.78. The quantitative estimate of drug-likeness (QED) is 0.739. The molecule has 1 aromatic carbocycles. The van der Waals surface area contributed by atoms with Crippen LogP contribution in [-0.4, -0.2) is 18.5 Å². The van der Waals surface area contributed by atoms with Gasteiger partial charge in [-0.2, -0.15) is 0 Å². The van der Waals surface area contributed by atoms with Crippen LogP contribution in [0.1, 0.15) is 50.2 Å². The zero-order chi connectivity index (χ0) is 14.7. The first-order valence-electron chi connectivity index (χ1n) is 8.24. The van der Waals surface area contributed by atoms with Crippen LogP contribution in [0.2, 0.25) is 0 Å². The fraction of sp³-hybridized carbons (Fsp3) is 0.579. The first-order chi connectivity index (χ1) is 10.2. The highest BCUT2D eigenvalue weighted by Crippen LogP contribution is 2.46. The van der Waals surface area contributed by atoms with Crippen molar-refractivity contribution in [3.8, 4) is 0 Å². The minimum absolute atomic E-state index is 0.266. The van der Waals surface area contributed by atoms with Crippen LogP contribution in [0, 0.1) is 6.92 Å². The molecular weight excluding hydrogens is 260 g/mol. The highest BCUT2D eigenvalue weighted by atomic mass is 16.7. The molecule has 2 nitrogen and oxygen atoms in total. The predicted octanol–water partition coefficient (Wildman–Crippen LogP) is 4.56.